The Hall–Kier alpha value is -1.44. The number of nitrogens with zero attached hydrogens (tertiary/aromatic N) is 1. The number of benzene rings is 1. The van der Waals surface area contributed by atoms with Crippen molar-refractivity contribution in [2.45, 2.75) is 64.3 Å². The maximum atomic E-state index is 13.6. The van der Waals surface area contributed by atoms with Gasteiger partial charge < -0.3 is 4.90 Å². The molecule has 164 valence electrons. The molecule has 2 aliphatic heterocycles. The number of amides is 1. The Labute approximate surface area is 183 Å². The Balaban J connectivity index is 1.61. The molecule has 3 fully saturated rings. The molecular weight excluding hydrogens is 416 g/mol. The number of rotatable bonds is 4. The second kappa shape index (κ2) is 7.04. The highest BCUT2D eigenvalue weighted by Crippen LogP contribution is 2.57. The van der Waals surface area contributed by atoms with Crippen molar-refractivity contribution in [3.8, 4) is 0 Å². The summed E-state index contributed by atoms with van der Waals surface area (Å²) in [7, 11) is -3.81. The summed E-state index contributed by atoms with van der Waals surface area (Å²) in [6.07, 6.45) is 1.16. The number of carbonyl (C=O) groups excluding carboxylic acids is 1. The second-order valence-electron chi connectivity index (χ2n) is 10.6. The molecule has 5 rings (SSSR count). The second-order valence-corrected chi connectivity index (χ2v) is 13.6. The maximum Gasteiger partial charge on any atom is 0.250 e. The van der Waals surface area contributed by atoms with Gasteiger partial charge in [-0.15, -0.1) is 11.3 Å². The molecule has 2 saturated heterocycles. The maximum absolute atomic E-state index is 13.6. The fourth-order valence-electron chi connectivity index (χ4n) is 5.16. The van der Waals surface area contributed by atoms with Gasteiger partial charge in [0.15, 0.2) is 0 Å². The molecule has 0 radical (unpaired) electrons. The summed E-state index contributed by atoms with van der Waals surface area (Å²) in [5.74, 6) is 0.854. The Morgan fingerprint density at radius 1 is 1.27 bits per heavy atom. The molecule has 1 aromatic carbocycles. The molecule has 1 amide bonds. The van der Waals surface area contributed by atoms with Crippen LogP contribution in [0.4, 0.5) is 0 Å². The van der Waals surface area contributed by atoms with Crippen LogP contribution in [0.25, 0.3) is 10.1 Å². The quantitative estimate of drug-likeness (QED) is 0.750. The van der Waals surface area contributed by atoms with E-state index in [1.54, 1.807) is 6.07 Å². The van der Waals surface area contributed by atoms with Crippen LogP contribution >= 0.6 is 11.3 Å². The number of piperidine rings is 2. The van der Waals surface area contributed by atoms with Crippen LogP contribution in [0.1, 0.15) is 48.0 Å². The molecule has 1 aliphatic carbocycles. The lowest BCUT2D eigenvalue weighted by Gasteiger charge is -2.63. The predicted octanol–water partition coefficient (Wildman–Crippen LogP) is 4.49. The van der Waals surface area contributed by atoms with Crippen molar-refractivity contribution in [3.63, 3.8) is 0 Å². The van der Waals surface area contributed by atoms with Crippen molar-refractivity contribution in [1.82, 2.24) is 9.62 Å². The third kappa shape index (κ3) is 3.49. The van der Waals surface area contributed by atoms with Gasteiger partial charge in [-0.25, -0.2) is 8.42 Å². The molecule has 1 saturated carbocycles. The van der Waals surface area contributed by atoms with Crippen LogP contribution < -0.4 is 4.72 Å². The van der Waals surface area contributed by atoms with Crippen molar-refractivity contribution in [2.24, 2.45) is 22.7 Å². The molecule has 5 nitrogen and oxygen atoms in total. The van der Waals surface area contributed by atoms with E-state index in [9.17, 15) is 13.2 Å². The topological polar surface area (TPSA) is 66.5 Å². The molecule has 1 unspecified atom stereocenters. The normalized spacial score (nSPS) is 27.0. The van der Waals surface area contributed by atoms with Crippen LogP contribution in [0.15, 0.2) is 34.5 Å². The van der Waals surface area contributed by atoms with E-state index < -0.39 is 21.5 Å². The van der Waals surface area contributed by atoms with E-state index in [0.29, 0.717) is 18.4 Å². The van der Waals surface area contributed by atoms with Crippen molar-refractivity contribution in [1.29, 1.82) is 0 Å². The summed E-state index contributed by atoms with van der Waals surface area (Å²) in [5, 5.41) is 0.897. The first-order chi connectivity index (χ1) is 13.8. The zero-order valence-corrected chi connectivity index (χ0v) is 20.2. The molecule has 3 heterocycles. The molecule has 4 atom stereocenters. The molecule has 1 N–H and O–H groups in total. The molecule has 3 aliphatic rings. The third-order valence-corrected chi connectivity index (χ3v) is 10.4. The van der Waals surface area contributed by atoms with Gasteiger partial charge in [0.2, 0.25) is 5.91 Å². The van der Waals surface area contributed by atoms with Crippen molar-refractivity contribution >= 4 is 37.4 Å². The highest BCUT2D eigenvalue weighted by molar-refractivity contribution is 7.91. The fourth-order valence-corrected chi connectivity index (χ4v) is 7.97. The SMILES string of the molecule is C[C@@H]1[C@@H]2CC(CN1C(=O)[C@@H](NS(=O)(=O)c1cc3ccccc3s1)C(C)(C)C)C2(C)C. The monoisotopic (exact) mass is 448 g/mol. The molecule has 1 aromatic heterocycles. The van der Waals surface area contributed by atoms with Crippen molar-refractivity contribution in [2.75, 3.05) is 6.54 Å². The summed E-state index contributed by atoms with van der Waals surface area (Å²) in [5.41, 5.74) is -0.290. The number of thiophene rings is 1. The summed E-state index contributed by atoms with van der Waals surface area (Å²) in [4.78, 5) is 15.5. The van der Waals surface area contributed by atoms with Gasteiger partial charge in [-0.2, -0.15) is 4.72 Å². The molecule has 2 bridgehead atoms. The summed E-state index contributed by atoms with van der Waals surface area (Å²) in [6, 6.07) is 8.61. The lowest BCUT2D eigenvalue weighted by atomic mass is 9.50. The van der Waals surface area contributed by atoms with Crippen LogP contribution in [0.3, 0.4) is 0 Å². The van der Waals surface area contributed by atoms with Gasteiger partial charge in [0.1, 0.15) is 10.3 Å². The van der Waals surface area contributed by atoms with E-state index in [4.69, 9.17) is 0 Å². The molecule has 0 spiro atoms. The van der Waals surface area contributed by atoms with E-state index >= 15 is 0 Å². The smallest absolute Gasteiger partial charge is 0.250 e. The van der Waals surface area contributed by atoms with Gasteiger partial charge in [-0.1, -0.05) is 52.8 Å². The van der Waals surface area contributed by atoms with Crippen LogP contribution in [0, 0.1) is 22.7 Å². The predicted molar refractivity (Wildman–Crippen MR) is 122 cm³/mol. The highest BCUT2D eigenvalue weighted by atomic mass is 32.2. The van der Waals surface area contributed by atoms with Gasteiger partial charge in [-0.05, 0) is 53.5 Å². The summed E-state index contributed by atoms with van der Waals surface area (Å²) < 4.78 is 30.4. The minimum atomic E-state index is -3.81. The third-order valence-electron chi connectivity index (χ3n) is 7.37. The van der Waals surface area contributed by atoms with Crippen LogP contribution in [0.2, 0.25) is 0 Å². The van der Waals surface area contributed by atoms with Gasteiger partial charge in [0.25, 0.3) is 10.0 Å². The average Bonchev–Trinajstić information content (AvgIpc) is 3.09. The standard InChI is InChI=1S/C23H32N2O3S2/c1-14-17-12-16(23(17,5)6)13-25(14)21(26)20(22(2,3)4)24-30(27,28)19-11-15-9-7-8-10-18(15)29-19/h7-11,14,16-17,20,24H,12-13H2,1-6H3/t14-,16?,17+,20-/m1/s1. The number of nitrogens with one attached hydrogen (secondary N) is 1. The van der Waals surface area contributed by atoms with Crippen LogP contribution in [-0.2, 0) is 14.8 Å². The fraction of sp³-hybridized carbons (Fsp3) is 0.609. The largest absolute Gasteiger partial charge is 0.338 e. The zero-order valence-electron chi connectivity index (χ0n) is 18.6. The van der Waals surface area contributed by atoms with Gasteiger partial charge >= 0.3 is 0 Å². The minimum absolute atomic E-state index is 0.107. The first-order valence-corrected chi connectivity index (χ1v) is 12.9. The van der Waals surface area contributed by atoms with Crippen molar-refractivity contribution in [3.05, 3.63) is 30.3 Å². The number of carbonyl (C=O) groups is 1. The highest BCUT2D eigenvalue weighted by Gasteiger charge is 2.57. The van der Waals surface area contributed by atoms with Crippen LogP contribution in [0.5, 0.6) is 0 Å². The minimum Gasteiger partial charge on any atom is -0.338 e. The van der Waals surface area contributed by atoms with Gasteiger partial charge in [0, 0.05) is 17.3 Å². The summed E-state index contributed by atoms with van der Waals surface area (Å²) in [6.45, 7) is 13.2. The number of sulfonamides is 1. The Bertz CT molecular complexity index is 1050. The first kappa shape index (κ1) is 21.8. The van der Waals surface area contributed by atoms with Gasteiger partial charge in [-0.3, -0.25) is 4.79 Å². The lowest BCUT2D eigenvalue weighted by Crippen LogP contribution is -2.68. The van der Waals surface area contributed by atoms with E-state index in [-0.39, 0.29) is 21.6 Å². The lowest BCUT2D eigenvalue weighted by molar-refractivity contribution is -0.169. The Morgan fingerprint density at radius 3 is 2.50 bits per heavy atom. The molecule has 30 heavy (non-hydrogen) atoms. The average molecular weight is 449 g/mol. The van der Waals surface area contributed by atoms with Crippen LogP contribution in [-0.4, -0.2) is 37.9 Å². The number of hydrogen-bond acceptors (Lipinski definition) is 4. The van der Waals surface area contributed by atoms with Gasteiger partial charge in [0.05, 0.1) is 0 Å². The number of hydrogen-bond donors (Lipinski definition) is 1. The van der Waals surface area contributed by atoms with E-state index in [1.807, 2.05) is 49.9 Å². The Kier molecular flexibility index (Phi) is 5.11. The summed E-state index contributed by atoms with van der Waals surface area (Å²) >= 11 is 1.24. The molecule has 2 aromatic rings. The van der Waals surface area contributed by atoms with E-state index in [2.05, 4.69) is 25.5 Å². The number of fused-ring (bicyclic) bond motifs is 3. The zero-order chi connectivity index (χ0) is 22.1. The van der Waals surface area contributed by atoms with E-state index in [1.165, 1.54) is 11.3 Å². The van der Waals surface area contributed by atoms with E-state index in [0.717, 1.165) is 16.5 Å². The molecular formula is C23H32N2O3S2. The van der Waals surface area contributed by atoms with Crippen molar-refractivity contribution < 1.29 is 13.2 Å². The first-order valence-electron chi connectivity index (χ1n) is 10.6. The molecule has 7 heteroatoms. The Morgan fingerprint density at radius 2 is 1.93 bits per heavy atom.